The van der Waals surface area contributed by atoms with Crippen molar-refractivity contribution >= 4 is 49.4 Å². The van der Waals surface area contributed by atoms with Gasteiger partial charge in [-0.3, -0.25) is 4.79 Å². The lowest BCUT2D eigenvalue weighted by atomic mass is 10.1. The standard InChI is InChI=1S/C16H18ClNO2S.C12H14F5N3O4S/c1-11-5-4-6-12(2)16(11)18(15(19)9-17)10-14-13(20-3)7-8-21-14;1-11(2)4-7(19-24-11)25(21,22)5-6-8(12(15,16)17)18-20(3)9(6)23-10(13)14/h4-8H,9-10H2,1-3H3;10H,4-5H2,1-3H3. The number of aromatic nitrogens is 2. The summed E-state index contributed by atoms with van der Waals surface area (Å²) in [6.07, 6.45) is -5.22. The number of carbonyl (C=O) groups excluding carboxylic acids is 1. The molecule has 0 saturated carbocycles. The monoisotopic (exact) mass is 714 g/mol. The molecule has 0 unspecified atom stereocenters. The van der Waals surface area contributed by atoms with Crippen molar-refractivity contribution in [3.05, 3.63) is 56.9 Å². The van der Waals surface area contributed by atoms with Crippen LogP contribution in [0.1, 0.15) is 47.5 Å². The van der Waals surface area contributed by atoms with Gasteiger partial charge in [0, 0.05) is 19.2 Å². The van der Waals surface area contributed by atoms with Crippen molar-refractivity contribution in [2.75, 3.05) is 17.9 Å². The van der Waals surface area contributed by atoms with Gasteiger partial charge in [-0.15, -0.1) is 22.9 Å². The quantitative estimate of drug-likeness (QED) is 0.181. The van der Waals surface area contributed by atoms with E-state index in [0.717, 1.165) is 34.5 Å². The van der Waals surface area contributed by atoms with E-state index in [9.17, 15) is 35.2 Å². The maximum Gasteiger partial charge on any atom is 0.435 e. The summed E-state index contributed by atoms with van der Waals surface area (Å²) in [6.45, 7) is 4.10. The number of sulfone groups is 1. The highest BCUT2D eigenvalue weighted by molar-refractivity contribution is 8.05. The van der Waals surface area contributed by atoms with Crippen LogP contribution in [0, 0.1) is 13.8 Å². The Labute approximate surface area is 271 Å². The predicted octanol–water partition coefficient (Wildman–Crippen LogP) is 6.61. The number of nitrogens with zero attached hydrogens (tertiary/aromatic N) is 4. The number of oxime groups is 1. The van der Waals surface area contributed by atoms with Crippen molar-refractivity contribution in [3.8, 4) is 11.6 Å². The third-order valence-electron chi connectivity index (χ3n) is 6.57. The second-order valence-electron chi connectivity index (χ2n) is 10.7. The van der Waals surface area contributed by atoms with Gasteiger partial charge in [0.2, 0.25) is 11.8 Å². The number of amides is 1. The van der Waals surface area contributed by atoms with Gasteiger partial charge >= 0.3 is 12.8 Å². The van der Waals surface area contributed by atoms with Gasteiger partial charge in [-0.2, -0.15) is 27.1 Å². The number of ether oxygens (including phenoxy) is 2. The van der Waals surface area contributed by atoms with Crippen molar-refractivity contribution in [1.82, 2.24) is 9.78 Å². The fraction of sp³-hybridized carbons (Fsp3) is 0.464. The van der Waals surface area contributed by atoms with Crippen LogP contribution in [-0.2, 0) is 45.0 Å². The van der Waals surface area contributed by atoms with Crippen LogP contribution in [0.4, 0.5) is 27.6 Å². The minimum atomic E-state index is -5.06. The molecule has 1 aliphatic rings. The normalized spacial score (nSPS) is 14.3. The maximum absolute atomic E-state index is 13.1. The number of carbonyl (C=O) groups is 1. The van der Waals surface area contributed by atoms with Gasteiger partial charge in [-0.1, -0.05) is 23.4 Å². The second-order valence-corrected chi connectivity index (χ2v) is 13.9. The third kappa shape index (κ3) is 8.88. The molecule has 0 fully saturated rings. The number of rotatable bonds is 9. The fourth-order valence-electron chi connectivity index (χ4n) is 4.55. The number of alkyl halides is 6. The average Bonchev–Trinajstić information content (AvgIpc) is 3.65. The molecule has 1 amide bonds. The van der Waals surface area contributed by atoms with Gasteiger partial charge in [0.15, 0.2) is 20.6 Å². The van der Waals surface area contributed by atoms with Gasteiger partial charge in [0.05, 0.1) is 29.8 Å². The summed E-state index contributed by atoms with van der Waals surface area (Å²) in [7, 11) is -1.79. The first-order valence-electron chi connectivity index (χ1n) is 13.4. The van der Waals surface area contributed by atoms with Crippen LogP contribution in [0.2, 0.25) is 0 Å². The average molecular weight is 715 g/mol. The Hall–Kier alpha value is -3.44. The predicted molar refractivity (Wildman–Crippen MR) is 163 cm³/mol. The molecule has 1 aromatic carbocycles. The zero-order valence-corrected chi connectivity index (χ0v) is 28.0. The molecule has 1 aliphatic heterocycles. The Morgan fingerprint density at radius 3 is 2.35 bits per heavy atom. The zero-order chi connectivity index (χ0) is 34.6. The van der Waals surface area contributed by atoms with Gasteiger partial charge in [-0.25, -0.2) is 13.1 Å². The summed E-state index contributed by atoms with van der Waals surface area (Å²) in [6, 6.07) is 7.91. The van der Waals surface area contributed by atoms with E-state index in [2.05, 4.69) is 15.0 Å². The molecule has 0 spiro atoms. The van der Waals surface area contributed by atoms with Crippen molar-refractivity contribution in [3.63, 3.8) is 0 Å². The molecule has 18 heteroatoms. The Morgan fingerprint density at radius 2 is 1.85 bits per heavy atom. The van der Waals surface area contributed by atoms with E-state index in [1.807, 2.05) is 43.5 Å². The lowest BCUT2D eigenvalue weighted by molar-refractivity contribution is -0.142. The molecule has 0 N–H and O–H groups in total. The van der Waals surface area contributed by atoms with E-state index in [1.54, 1.807) is 23.3 Å². The topological polar surface area (TPSA) is 112 Å². The lowest BCUT2D eigenvalue weighted by Crippen LogP contribution is -2.32. The number of halogens is 6. The molecule has 0 atom stereocenters. The van der Waals surface area contributed by atoms with Crippen LogP contribution in [0.15, 0.2) is 34.8 Å². The first-order valence-corrected chi connectivity index (χ1v) is 16.5. The fourth-order valence-corrected chi connectivity index (χ4v) is 7.05. The van der Waals surface area contributed by atoms with E-state index < -0.39 is 56.2 Å². The first kappa shape index (κ1) is 37.0. The van der Waals surface area contributed by atoms with E-state index >= 15 is 0 Å². The van der Waals surface area contributed by atoms with Crippen LogP contribution < -0.4 is 14.4 Å². The molecule has 0 bridgehead atoms. The Kier molecular flexibility index (Phi) is 11.7. The molecule has 4 rings (SSSR count). The third-order valence-corrected chi connectivity index (χ3v) is 9.29. The van der Waals surface area contributed by atoms with Gasteiger partial charge in [0.1, 0.15) is 17.2 Å². The largest absolute Gasteiger partial charge is 0.496 e. The number of aryl methyl sites for hydroxylation is 3. The SMILES string of the molecule is COc1ccsc1CN(C(=O)CCl)c1c(C)cccc1C.Cn1nc(C(F)(F)F)c(CS(=O)(=O)C2=NOC(C)(C)C2)c1OC(F)F. The summed E-state index contributed by atoms with van der Waals surface area (Å²) < 4.78 is 98.7. The molecule has 3 aromatic rings. The number of hydrogen-bond acceptors (Lipinski definition) is 9. The van der Waals surface area contributed by atoms with Crippen molar-refractivity contribution in [1.29, 1.82) is 0 Å². The number of para-hydroxylation sites is 1. The molecule has 0 saturated heterocycles. The van der Waals surface area contributed by atoms with Gasteiger partial charge in [0.25, 0.3) is 0 Å². The van der Waals surface area contributed by atoms with Crippen LogP contribution in [0.25, 0.3) is 0 Å². The Bertz CT molecular complexity index is 1670. The van der Waals surface area contributed by atoms with Crippen molar-refractivity contribution in [2.45, 2.75) is 64.8 Å². The number of methoxy groups -OCH3 is 1. The van der Waals surface area contributed by atoms with Gasteiger partial charge < -0.3 is 19.2 Å². The summed E-state index contributed by atoms with van der Waals surface area (Å²) in [5, 5.41) is 7.93. The zero-order valence-electron chi connectivity index (χ0n) is 25.6. The summed E-state index contributed by atoms with van der Waals surface area (Å²) >= 11 is 7.37. The summed E-state index contributed by atoms with van der Waals surface area (Å²) in [5.74, 6) is -1.58. The van der Waals surface area contributed by atoms with Crippen LogP contribution in [-0.4, -0.2) is 54.4 Å². The van der Waals surface area contributed by atoms with Crippen LogP contribution >= 0.6 is 22.9 Å². The minimum Gasteiger partial charge on any atom is -0.496 e. The Morgan fingerprint density at radius 1 is 1.22 bits per heavy atom. The van der Waals surface area contributed by atoms with Crippen molar-refractivity contribution < 1.29 is 49.5 Å². The second kappa shape index (κ2) is 14.5. The van der Waals surface area contributed by atoms with Gasteiger partial charge in [-0.05, 0) is 50.3 Å². The highest BCUT2D eigenvalue weighted by atomic mass is 35.5. The van der Waals surface area contributed by atoms with E-state index in [1.165, 1.54) is 13.8 Å². The lowest BCUT2D eigenvalue weighted by Gasteiger charge is -2.25. The molecule has 3 heterocycles. The molecule has 254 valence electrons. The van der Waals surface area contributed by atoms with Crippen molar-refractivity contribution in [2.24, 2.45) is 12.2 Å². The molecule has 0 radical (unpaired) electrons. The highest BCUT2D eigenvalue weighted by Crippen LogP contribution is 2.38. The smallest absolute Gasteiger partial charge is 0.435 e. The minimum absolute atomic E-state index is 0.0402. The Balaban J connectivity index is 0.000000254. The van der Waals surface area contributed by atoms with E-state index in [0.29, 0.717) is 11.2 Å². The van der Waals surface area contributed by atoms with Crippen LogP contribution in [0.5, 0.6) is 11.6 Å². The molecule has 0 aliphatic carbocycles. The molecule has 2 aromatic heterocycles. The number of benzene rings is 1. The van der Waals surface area contributed by atoms with E-state index in [-0.39, 0.29) is 18.2 Å². The number of thiophene rings is 1. The maximum atomic E-state index is 13.1. The summed E-state index contributed by atoms with van der Waals surface area (Å²) in [5.41, 5.74) is -0.519. The van der Waals surface area contributed by atoms with Crippen LogP contribution in [0.3, 0.4) is 0 Å². The number of hydrogen-bond donors (Lipinski definition) is 0. The first-order chi connectivity index (χ1) is 21.3. The highest BCUT2D eigenvalue weighted by Gasteiger charge is 2.43. The molecular formula is C28H32ClF5N4O6S2. The molecule has 46 heavy (non-hydrogen) atoms. The molecule has 10 nitrogen and oxygen atoms in total. The molecular weight excluding hydrogens is 683 g/mol. The summed E-state index contributed by atoms with van der Waals surface area (Å²) in [4.78, 5) is 19.9. The number of anilines is 1. The van der Waals surface area contributed by atoms with E-state index in [4.69, 9.17) is 21.2 Å².